The van der Waals surface area contributed by atoms with Crippen molar-refractivity contribution in [2.24, 2.45) is 5.92 Å². The maximum absolute atomic E-state index is 11.8. The van der Waals surface area contributed by atoms with E-state index in [1.807, 2.05) is 0 Å². The second-order valence-electron chi connectivity index (χ2n) is 4.26. The fraction of sp³-hybridized carbons (Fsp3) is 1.00. The van der Waals surface area contributed by atoms with Crippen LogP contribution < -0.4 is 5.32 Å². The number of hydrogen-bond donors (Lipinski definition) is 1. The Morgan fingerprint density at radius 3 is 2.38 bits per heavy atom. The smallest absolute Gasteiger partial charge is 0.380 e. The van der Waals surface area contributed by atoms with E-state index in [4.69, 9.17) is 4.74 Å². The van der Waals surface area contributed by atoms with Gasteiger partial charge in [0.1, 0.15) is 0 Å². The molecule has 0 unspecified atom stereocenters. The minimum absolute atomic E-state index is 0.134. The molecule has 0 atom stereocenters. The van der Waals surface area contributed by atoms with Gasteiger partial charge in [-0.05, 0) is 25.3 Å². The topological polar surface area (TPSA) is 21.3 Å². The van der Waals surface area contributed by atoms with Gasteiger partial charge in [-0.2, -0.15) is 13.2 Å². The standard InChI is InChI=1S/C11H22F3NO/c1-10(2)4-8-16-9-7-15-6-3-5-11(12,13)14/h10,15H,3-9H2,1-2H3. The van der Waals surface area contributed by atoms with Gasteiger partial charge < -0.3 is 10.1 Å². The van der Waals surface area contributed by atoms with Crippen LogP contribution in [0.15, 0.2) is 0 Å². The summed E-state index contributed by atoms with van der Waals surface area (Å²) in [6.45, 7) is 6.56. The van der Waals surface area contributed by atoms with Gasteiger partial charge in [0, 0.05) is 19.6 Å². The van der Waals surface area contributed by atoms with Crippen molar-refractivity contribution >= 4 is 0 Å². The Kier molecular flexibility index (Phi) is 8.66. The summed E-state index contributed by atoms with van der Waals surface area (Å²) < 4.78 is 40.6. The number of hydrogen-bond acceptors (Lipinski definition) is 2. The summed E-state index contributed by atoms with van der Waals surface area (Å²) >= 11 is 0. The maximum Gasteiger partial charge on any atom is 0.389 e. The van der Waals surface area contributed by atoms with Crippen LogP contribution in [0, 0.1) is 5.92 Å². The molecule has 0 saturated carbocycles. The third kappa shape index (κ3) is 13.7. The molecule has 0 aliphatic carbocycles. The van der Waals surface area contributed by atoms with Crippen LogP contribution in [0.2, 0.25) is 0 Å². The molecule has 0 aromatic heterocycles. The van der Waals surface area contributed by atoms with Crippen molar-refractivity contribution in [1.82, 2.24) is 5.32 Å². The summed E-state index contributed by atoms with van der Waals surface area (Å²) in [6, 6.07) is 0. The second kappa shape index (κ2) is 8.82. The summed E-state index contributed by atoms with van der Waals surface area (Å²) in [4.78, 5) is 0. The molecule has 0 aromatic carbocycles. The Morgan fingerprint density at radius 2 is 1.81 bits per heavy atom. The van der Waals surface area contributed by atoms with Crippen LogP contribution in [-0.2, 0) is 4.74 Å². The van der Waals surface area contributed by atoms with Crippen LogP contribution in [-0.4, -0.2) is 32.5 Å². The van der Waals surface area contributed by atoms with Crippen molar-refractivity contribution in [2.75, 3.05) is 26.3 Å². The number of halogens is 3. The predicted molar refractivity (Wildman–Crippen MR) is 58.4 cm³/mol. The fourth-order valence-electron chi connectivity index (χ4n) is 1.10. The molecule has 0 saturated heterocycles. The highest BCUT2D eigenvalue weighted by molar-refractivity contribution is 4.53. The first-order valence-electron chi connectivity index (χ1n) is 5.77. The predicted octanol–water partition coefficient (Wildman–Crippen LogP) is 2.98. The molecule has 0 aliphatic heterocycles. The molecule has 0 fully saturated rings. The van der Waals surface area contributed by atoms with E-state index in [2.05, 4.69) is 19.2 Å². The van der Waals surface area contributed by atoms with Gasteiger partial charge in [-0.25, -0.2) is 0 Å². The molecular weight excluding hydrogens is 219 g/mol. The maximum atomic E-state index is 11.8. The minimum Gasteiger partial charge on any atom is -0.380 e. The van der Waals surface area contributed by atoms with Gasteiger partial charge in [-0.15, -0.1) is 0 Å². The van der Waals surface area contributed by atoms with E-state index in [9.17, 15) is 13.2 Å². The summed E-state index contributed by atoms with van der Waals surface area (Å²) in [5.41, 5.74) is 0. The Labute approximate surface area is 95.5 Å². The largest absolute Gasteiger partial charge is 0.389 e. The monoisotopic (exact) mass is 241 g/mol. The molecule has 0 spiro atoms. The molecule has 0 heterocycles. The first-order valence-corrected chi connectivity index (χ1v) is 5.77. The third-order valence-electron chi connectivity index (χ3n) is 2.08. The highest BCUT2D eigenvalue weighted by Gasteiger charge is 2.25. The van der Waals surface area contributed by atoms with Crippen molar-refractivity contribution in [1.29, 1.82) is 0 Å². The Bertz CT molecular complexity index is 160. The minimum atomic E-state index is -4.03. The van der Waals surface area contributed by atoms with Crippen LogP contribution in [0.4, 0.5) is 13.2 Å². The van der Waals surface area contributed by atoms with Crippen LogP contribution in [0.1, 0.15) is 33.1 Å². The molecule has 0 aliphatic rings. The summed E-state index contributed by atoms with van der Waals surface area (Å²) in [5.74, 6) is 0.625. The van der Waals surface area contributed by atoms with Crippen molar-refractivity contribution in [3.8, 4) is 0 Å². The highest BCUT2D eigenvalue weighted by atomic mass is 19.4. The Balaban J connectivity index is 3.05. The molecule has 98 valence electrons. The van der Waals surface area contributed by atoms with Crippen LogP contribution in [0.25, 0.3) is 0 Å². The first kappa shape index (κ1) is 15.7. The zero-order valence-corrected chi connectivity index (χ0v) is 10.1. The lowest BCUT2D eigenvalue weighted by Crippen LogP contribution is -2.22. The number of rotatable bonds is 9. The number of nitrogens with one attached hydrogen (secondary N) is 1. The fourth-order valence-corrected chi connectivity index (χ4v) is 1.10. The van der Waals surface area contributed by atoms with Crippen LogP contribution >= 0.6 is 0 Å². The summed E-state index contributed by atoms with van der Waals surface area (Å²) in [7, 11) is 0. The lowest BCUT2D eigenvalue weighted by Gasteiger charge is -2.08. The number of alkyl halides is 3. The van der Waals surface area contributed by atoms with Gasteiger partial charge in [0.05, 0.1) is 6.61 Å². The molecule has 0 aromatic rings. The summed E-state index contributed by atoms with van der Waals surface area (Å²) in [6.07, 6.45) is -3.59. The highest BCUT2D eigenvalue weighted by Crippen LogP contribution is 2.20. The molecular formula is C11H22F3NO. The van der Waals surface area contributed by atoms with Gasteiger partial charge in [-0.3, -0.25) is 0 Å². The van der Waals surface area contributed by atoms with E-state index in [0.717, 1.165) is 13.0 Å². The van der Waals surface area contributed by atoms with E-state index < -0.39 is 12.6 Å². The Hall–Kier alpha value is -0.290. The van der Waals surface area contributed by atoms with Gasteiger partial charge in [0.15, 0.2) is 0 Å². The number of ether oxygens (including phenoxy) is 1. The van der Waals surface area contributed by atoms with E-state index in [1.54, 1.807) is 0 Å². The van der Waals surface area contributed by atoms with Gasteiger partial charge in [0.2, 0.25) is 0 Å². The first-order chi connectivity index (χ1) is 7.42. The van der Waals surface area contributed by atoms with E-state index >= 15 is 0 Å². The molecule has 5 heteroatoms. The molecule has 16 heavy (non-hydrogen) atoms. The van der Waals surface area contributed by atoms with Crippen LogP contribution in [0.5, 0.6) is 0 Å². The normalized spacial score (nSPS) is 12.4. The molecule has 0 rings (SSSR count). The quantitative estimate of drug-likeness (QED) is 0.627. The average molecular weight is 241 g/mol. The van der Waals surface area contributed by atoms with Gasteiger partial charge in [0.25, 0.3) is 0 Å². The molecule has 2 nitrogen and oxygen atoms in total. The molecule has 1 N–H and O–H groups in total. The van der Waals surface area contributed by atoms with Gasteiger partial charge in [-0.1, -0.05) is 13.8 Å². The molecule has 0 amide bonds. The lowest BCUT2D eigenvalue weighted by molar-refractivity contribution is -0.135. The zero-order valence-electron chi connectivity index (χ0n) is 10.1. The van der Waals surface area contributed by atoms with Crippen molar-refractivity contribution in [3.63, 3.8) is 0 Å². The van der Waals surface area contributed by atoms with E-state index in [1.165, 1.54) is 0 Å². The van der Waals surface area contributed by atoms with Crippen molar-refractivity contribution in [2.45, 2.75) is 39.3 Å². The zero-order chi connectivity index (χ0) is 12.4. The van der Waals surface area contributed by atoms with Crippen molar-refractivity contribution < 1.29 is 17.9 Å². The molecule has 0 radical (unpaired) electrons. The van der Waals surface area contributed by atoms with Crippen molar-refractivity contribution in [3.05, 3.63) is 0 Å². The third-order valence-corrected chi connectivity index (χ3v) is 2.08. The van der Waals surface area contributed by atoms with Gasteiger partial charge >= 0.3 is 6.18 Å². The lowest BCUT2D eigenvalue weighted by atomic mass is 10.1. The molecule has 0 bridgehead atoms. The average Bonchev–Trinajstić information content (AvgIpc) is 2.13. The van der Waals surface area contributed by atoms with Crippen LogP contribution in [0.3, 0.4) is 0 Å². The summed E-state index contributed by atoms with van der Waals surface area (Å²) in [5, 5.41) is 2.92. The SMILES string of the molecule is CC(C)CCOCCNCCCC(F)(F)F. The second-order valence-corrected chi connectivity index (χ2v) is 4.26. The Morgan fingerprint density at radius 1 is 1.12 bits per heavy atom. The van der Waals surface area contributed by atoms with E-state index in [0.29, 0.717) is 25.6 Å². The van der Waals surface area contributed by atoms with E-state index in [-0.39, 0.29) is 6.42 Å².